The van der Waals surface area contributed by atoms with E-state index in [0.29, 0.717) is 6.79 Å². The largest absolute Gasteiger partial charge is 0.454 e. The molecule has 0 aromatic heterocycles. The molecule has 3 aliphatic rings. The smallest absolute Gasteiger partial charge is 0.407 e. The fourth-order valence-electron chi connectivity index (χ4n) is 4.56. The van der Waals surface area contributed by atoms with Gasteiger partial charge in [0.1, 0.15) is 0 Å². The molecule has 0 unspecified atom stereocenters. The lowest BCUT2D eigenvalue weighted by atomic mass is 9.84. The van der Waals surface area contributed by atoms with Crippen LogP contribution in [0.2, 0.25) is 0 Å². The lowest BCUT2D eigenvalue weighted by molar-refractivity contribution is 0.158. The van der Waals surface area contributed by atoms with Crippen molar-refractivity contribution >= 4 is 11.8 Å². The summed E-state index contributed by atoms with van der Waals surface area (Å²) in [4.78, 5) is 16.3. The van der Waals surface area contributed by atoms with Gasteiger partial charge in [0.15, 0.2) is 11.5 Å². The molecule has 1 aliphatic carbocycles. The van der Waals surface area contributed by atoms with Gasteiger partial charge in [-0.25, -0.2) is 4.79 Å². The predicted molar refractivity (Wildman–Crippen MR) is 107 cm³/mol. The van der Waals surface area contributed by atoms with Gasteiger partial charge in [0.2, 0.25) is 6.79 Å². The van der Waals surface area contributed by atoms with Gasteiger partial charge in [-0.15, -0.1) is 0 Å². The van der Waals surface area contributed by atoms with E-state index in [9.17, 15) is 4.79 Å². The number of hydrogen-bond acceptors (Lipinski definition) is 6. The van der Waals surface area contributed by atoms with Crippen LogP contribution < -0.4 is 19.7 Å². The minimum atomic E-state index is -0.303. The van der Waals surface area contributed by atoms with Crippen LogP contribution in [0.3, 0.4) is 0 Å². The zero-order valence-electron chi connectivity index (χ0n) is 16.7. The van der Waals surface area contributed by atoms with Gasteiger partial charge in [-0.1, -0.05) is 6.07 Å². The number of anilines is 1. The second kappa shape index (κ2) is 8.90. The molecule has 1 saturated heterocycles. The molecule has 154 valence electrons. The molecule has 0 spiro atoms. The fourth-order valence-corrected chi connectivity index (χ4v) is 4.56. The second-order valence-electron chi connectivity index (χ2n) is 7.98. The topological polar surface area (TPSA) is 63.3 Å². The summed E-state index contributed by atoms with van der Waals surface area (Å²) >= 11 is 0. The zero-order valence-corrected chi connectivity index (χ0v) is 16.7. The van der Waals surface area contributed by atoms with Crippen LogP contribution in [0, 0.1) is 5.92 Å². The lowest BCUT2D eigenvalue weighted by Crippen LogP contribution is -2.47. The molecule has 4 rings (SSSR count). The number of nitrogens with one attached hydrogen (secondary N) is 1. The molecular formula is C21H31N3O4. The Morgan fingerprint density at radius 2 is 1.93 bits per heavy atom. The van der Waals surface area contributed by atoms with E-state index >= 15 is 0 Å². The van der Waals surface area contributed by atoms with Crippen molar-refractivity contribution in [3.05, 3.63) is 18.2 Å². The number of rotatable bonds is 5. The van der Waals surface area contributed by atoms with Crippen molar-refractivity contribution in [2.75, 3.05) is 51.5 Å². The van der Waals surface area contributed by atoms with Crippen LogP contribution in [0.15, 0.2) is 18.2 Å². The minimum absolute atomic E-state index is 0.283. The number of hydrogen-bond donors (Lipinski definition) is 1. The quantitative estimate of drug-likeness (QED) is 0.836. The van der Waals surface area contributed by atoms with Gasteiger partial charge in [0, 0.05) is 32.2 Å². The van der Waals surface area contributed by atoms with Gasteiger partial charge < -0.3 is 24.4 Å². The number of amides is 1. The van der Waals surface area contributed by atoms with Gasteiger partial charge in [-0.2, -0.15) is 0 Å². The maximum Gasteiger partial charge on any atom is 0.407 e. The van der Waals surface area contributed by atoms with Crippen molar-refractivity contribution in [3.63, 3.8) is 0 Å². The number of benzene rings is 1. The predicted octanol–water partition coefficient (Wildman–Crippen LogP) is 2.84. The van der Waals surface area contributed by atoms with Gasteiger partial charge in [-0.05, 0) is 56.7 Å². The average molecular weight is 389 g/mol. The molecule has 1 amide bonds. The van der Waals surface area contributed by atoms with E-state index < -0.39 is 0 Å². The SMILES string of the molecule is COC(=O)N[C@H]1CC[C@H](CCN2CCN(c3cccc4c3OCO4)CC2)CC1. The standard InChI is InChI=1S/C21H31N3O4/c1-26-21(25)22-17-7-5-16(6-8-17)9-10-23-11-13-24(14-12-23)18-3-2-4-19-20(18)28-15-27-19/h2-4,16-17H,5-15H2,1H3,(H,22,25)/t16-,17-. The fraction of sp³-hybridized carbons (Fsp3) is 0.667. The number of nitrogens with zero attached hydrogens (tertiary/aromatic N) is 2. The molecule has 7 nitrogen and oxygen atoms in total. The summed E-state index contributed by atoms with van der Waals surface area (Å²) in [6.45, 7) is 5.71. The van der Waals surface area contributed by atoms with Crippen LogP contribution in [0.4, 0.5) is 10.5 Å². The first kappa shape index (κ1) is 19.2. The van der Waals surface area contributed by atoms with E-state index in [1.165, 1.54) is 32.9 Å². The maximum absolute atomic E-state index is 11.3. The number of ether oxygens (including phenoxy) is 3. The van der Waals surface area contributed by atoms with Crippen LogP contribution in [0.1, 0.15) is 32.1 Å². The van der Waals surface area contributed by atoms with Crippen molar-refractivity contribution < 1.29 is 19.0 Å². The highest BCUT2D eigenvalue weighted by molar-refractivity contribution is 5.67. The van der Waals surface area contributed by atoms with E-state index in [1.807, 2.05) is 12.1 Å². The van der Waals surface area contributed by atoms with Crippen LogP contribution in [-0.2, 0) is 4.74 Å². The normalized spacial score (nSPS) is 24.8. The van der Waals surface area contributed by atoms with E-state index in [-0.39, 0.29) is 12.1 Å². The first-order chi connectivity index (χ1) is 13.7. The highest BCUT2D eigenvalue weighted by Gasteiger charge is 2.26. The van der Waals surface area contributed by atoms with Gasteiger partial charge in [0.05, 0.1) is 12.8 Å². The summed E-state index contributed by atoms with van der Waals surface area (Å²) in [5.74, 6) is 2.53. The van der Waals surface area contributed by atoms with Gasteiger partial charge in [-0.3, -0.25) is 4.90 Å². The number of para-hydroxylation sites is 1. The van der Waals surface area contributed by atoms with Gasteiger partial charge in [0.25, 0.3) is 0 Å². The third kappa shape index (κ3) is 4.46. The molecular weight excluding hydrogens is 358 g/mol. The number of methoxy groups -OCH3 is 1. The number of carbonyl (C=O) groups excluding carboxylic acids is 1. The molecule has 1 aromatic carbocycles. The average Bonchev–Trinajstić information content (AvgIpc) is 3.22. The summed E-state index contributed by atoms with van der Waals surface area (Å²) < 4.78 is 15.9. The Balaban J connectivity index is 1.18. The molecule has 2 aliphatic heterocycles. The Morgan fingerprint density at radius 1 is 1.14 bits per heavy atom. The molecule has 0 radical (unpaired) electrons. The van der Waals surface area contributed by atoms with E-state index in [4.69, 9.17) is 14.2 Å². The Kier molecular flexibility index (Phi) is 6.10. The van der Waals surface area contributed by atoms with Crippen molar-refractivity contribution in [2.24, 2.45) is 5.92 Å². The Morgan fingerprint density at radius 3 is 2.68 bits per heavy atom. The maximum atomic E-state index is 11.3. The molecule has 1 N–H and O–H groups in total. The summed E-state index contributed by atoms with van der Waals surface area (Å²) in [6.07, 6.45) is 5.47. The van der Waals surface area contributed by atoms with Crippen molar-refractivity contribution in [1.29, 1.82) is 0 Å². The van der Waals surface area contributed by atoms with Crippen molar-refractivity contribution in [2.45, 2.75) is 38.1 Å². The molecule has 0 bridgehead atoms. The minimum Gasteiger partial charge on any atom is -0.454 e. The van der Waals surface area contributed by atoms with E-state index in [0.717, 1.165) is 62.1 Å². The lowest BCUT2D eigenvalue weighted by Gasteiger charge is -2.37. The monoisotopic (exact) mass is 389 g/mol. The third-order valence-corrected chi connectivity index (χ3v) is 6.30. The molecule has 2 fully saturated rings. The van der Waals surface area contributed by atoms with E-state index in [1.54, 1.807) is 0 Å². The number of carbonyl (C=O) groups is 1. The molecule has 1 aromatic rings. The molecule has 1 saturated carbocycles. The highest BCUT2D eigenvalue weighted by atomic mass is 16.7. The van der Waals surface area contributed by atoms with Gasteiger partial charge >= 0.3 is 6.09 Å². The van der Waals surface area contributed by atoms with Crippen LogP contribution in [0.25, 0.3) is 0 Å². The summed E-state index contributed by atoms with van der Waals surface area (Å²) in [5.41, 5.74) is 1.16. The summed E-state index contributed by atoms with van der Waals surface area (Å²) in [7, 11) is 1.42. The number of alkyl carbamates (subject to hydrolysis) is 1. The van der Waals surface area contributed by atoms with Crippen molar-refractivity contribution in [1.82, 2.24) is 10.2 Å². The second-order valence-corrected chi connectivity index (χ2v) is 7.98. The third-order valence-electron chi connectivity index (χ3n) is 6.30. The first-order valence-electron chi connectivity index (χ1n) is 10.4. The Bertz CT molecular complexity index is 668. The van der Waals surface area contributed by atoms with Crippen LogP contribution in [0.5, 0.6) is 11.5 Å². The molecule has 2 heterocycles. The molecule has 0 atom stereocenters. The summed E-state index contributed by atoms with van der Waals surface area (Å²) in [5, 5.41) is 2.94. The Hall–Kier alpha value is -2.15. The summed E-state index contributed by atoms with van der Waals surface area (Å²) in [6, 6.07) is 6.42. The number of piperazine rings is 1. The highest BCUT2D eigenvalue weighted by Crippen LogP contribution is 2.41. The first-order valence-corrected chi connectivity index (χ1v) is 10.4. The van der Waals surface area contributed by atoms with Crippen molar-refractivity contribution in [3.8, 4) is 11.5 Å². The van der Waals surface area contributed by atoms with Crippen LogP contribution in [-0.4, -0.2) is 63.7 Å². The molecule has 28 heavy (non-hydrogen) atoms. The van der Waals surface area contributed by atoms with E-state index in [2.05, 4.69) is 21.2 Å². The number of fused-ring (bicyclic) bond motifs is 1. The molecule has 7 heteroatoms. The van der Waals surface area contributed by atoms with Crippen LogP contribution >= 0.6 is 0 Å². The Labute approximate surface area is 166 Å². The zero-order chi connectivity index (χ0) is 19.3.